The zero-order chi connectivity index (χ0) is 69.0. The molecule has 3 atom stereocenters. The van der Waals surface area contributed by atoms with Crippen LogP contribution in [0.1, 0.15) is 105 Å². The van der Waals surface area contributed by atoms with E-state index < -0.39 is 0 Å². The molecule has 14 rings (SSSR count). The molecule has 0 amide bonds. The van der Waals surface area contributed by atoms with E-state index in [0.717, 1.165) is 0 Å². The van der Waals surface area contributed by atoms with Crippen LogP contribution in [0.15, 0.2) is 298 Å². The number of aryl methyl sites for hydroxylation is 9. The summed E-state index contributed by atoms with van der Waals surface area (Å²) < 4.78 is 13.5. The zero-order valence-electron chi connectivity index (χ0n) is 60.0. The van der Waals surface area contributed by atoms with E-state index in [2.05, 4.69) is 430 Å². The minimum absolute atomic E-state index is 0.283. The first kappa shape index (κ1) is 67.2. The van der Waals surface area contributed by atoms with Gasteiger partial charge in [0.1, 0.15) is 58.5 Å². The molecule has 6 heterocycles. The molecule has 0 saturated heterocycles. The highest BCUT2D eigenvalue weighted by molar-refractivity contribution is 5.94. The molecule has 0 spiro atoms. The second-order valence-corrected chi connectivity index (χ2v) is 27.3. The highest BCUT2D eigenvalue weighted by Crippen LogP contribution is 2.46. The Morgan fingerprint density at radius 2 is 0.592 bits per heavy atom. The van der Waals surface area contributed by atoms with Crippen molar-refractivity contribution < 1.29 is 27.4 Å². The Bertz CT molecular complexity index is 5130. The van der Waals surface area contributed by atoms with Crippen molar-refractivity contribution in [3.63, 3.8) is 0 Å². The van der Waals surface area contributed by atoms with E-state index in [1.807, 2.05) is 0 Å². The molecule has 0 aliphatic rings. The van der Waals surface area contributed by atoms with Gasteiger partial charge >= 0.3 is 0 Å². The van der Waals surface area contributed by atoms with Crippen LogP contribution in [-0.4, -0.2) is 0 Å². The van der Waals surface area contributed by atoms with Crippen molar-refractivity contribution in [2.45, 2.75) is 78.6 Å². The van der Waals surface area contributed by atoms with Crippen molar-refractivity contribution in [1.82, 2.24) is 0 Å². The van der Waals surface area contributed by atoms with Gasteiger partial charge < -0.3 is 0 Å². The quantitative estimate of drug-likeness (QED) is 0.109. The summed E-state index contributed by atoms with van der Waals surface area (Å²) in [6, 6.07) is 94.3. The maximum absolute atomic E-state index is 2.37. The van der Waals surface area contributed by atoms with Crippen LogP contribution in [0.25, 0.3) is 55.3 Å². The van der Waals surface area contributed by atoms with Gasteiger partial charge in [-0.05, 0) is 176 Å². The lowest BCUT2D eigenvalue weighted by atomic mass is 9.69. The van der Waals surface area contributed by atoms with Gasteiger partial charge in [-0.15, -0.1) is 0 Å². The maximum Gasteiger partial charge on any atom is 0.220 e. The summed E-state index contributed by atoms with van der Waals surface area (Å²) in [5, 5.41) is 5.05. The number of hydrogen-bond donors (Lipinski definition) is 0. The summed E-state index contributed by atoms with van der Waals surface area (Å²) in [6.45, 7) is 20.6. The normalized spacial score (nSPS) is 13.1. The summed E-state index contributed by atoms with van der Waals surface area (Å²) >= 11 is 0. The molecule has 6 aromatic heterocycles. The summed E-state index contributed by atoms with van der Waals surface area (Å²) in [5.41, 5.74) is 26.3. The Morgan fingerprint density at radius 1 is 0.245 bits per heavy atom. The van der Waals surface area contributed by atoms with Gasteiger partial charge in [0, 0.05) is 77.2 Å². The smallest absolute Gasteiger partial charge is 0.204 e. The van der Waals surface area contributed by atoms with Crippen molar-refractivity contribution in [2.75, 3.05) is 0 Å². The van der Waals surface area contributed by atoms with Crippen molar-refractivity contribution in [1.29, 1.82) is 0 Å². The number of pyridine rings is 6. The van der Waals surface area contributed by atoms with Crippen molar-refractivity contribution >= 4 is 21.5 Å². The predicted octanol–water partition coefficient (Wildman–Crippen LogP) is 17.2. The number of aromatic nitrogens is 6. The first-order valence-corrected chi connectivity index (χ1v) is 34.3. The third-order valence-corrected chi connectivity index (χ3v) is 21.3. The molecule has 0 N–H and O–H groups in total. The zero-order valence-corrected chi connectivity index (χ0v) is 60.0. The summed E-state index contributed by atoms with van der Waals surface area (Å²) in [5.74, 6) is 0. The molecule has 486 valence electrons. The lowest BCUT2D eigenvalue weighted by Gasteiger charge is -2.32. The molecular formula is C92H94N6+6. The topological polar surface area (TPSA) is 23.3 Å². The van der Waals surface area contributed by atoms with Crippen LogP contribution in [-0.2, 0) is 58.5 Å². The second kappa shape index (κ2) is 28.1. The summed E-state index contributed by atoms with van der Waals surface area (Å²) in [4.78, 5) is 0. The molecule has 0 radical (unpaired) electrons. The van der Waals surface area contributed by atoms with Crippen LogP contribution in [0.5, 0.6) is 0 Å². The van der Waals surface area contributed by atoms with Gasteiger partial charge in [-0.1, -0.05) is 164 Å². The van der Waals surface area contributed by atoms with E-state index in [-0.39, 0.29) is 16.2 Å². The predicted molar refractivity (Wildman–Crippen MR) is 401 cm³/mol. The number of fused-ring (bicyclic) bond motifs is 2. The molecule has 8 aromatic carbocycles. The fraction of sp³-hybridized carbons (Fsp3) is 0.196. The Balaban J connectivity index is 0.000000140. The third-order valence-electron chi connectivity index (χ3n) is 21.3. The van der Waals surface area contributed by atoms with Gasteiger partial charge in [0.15, 0.2) is 54.3 Å². The van der Waals surface area contributed by atoms with Gasteiger partial charge in [-0.3, -0.25) is 0 Å². The fourth-order valence-electron chi connectivity index (χ4n) is 16.1. The average molecular weight is 1280 g/mol. The number of rotatable bonds is 12. The lowest BCUT2D eigenvalue weighted by molar-refractivity contribution is -0.681. The number of benzene rings is 8. The van der Waals surface area contributed by atoms with Crippen molar-refractivity contribution in [3.05, 3.63) is 382 Å². The van der Waals surface area contributed by atoms with Gasteiger partial charge in [0.2, 0.25) is 17.1 Å². The molecule has 14 aromatic rings. The van der Waals surface area contributed by atoms with Crippen LogP contribution in [0.2, 0.25) is 0 Å². The van der Waals surface area contributed by atoms with Crippen LogP contribution in [0.4, 0.5) is 0 Å². The van der Waals surface area contributed by atoms with Crippen LogP contribution in [0, 0.1) is 41.5 Å². The molecule has 6 nitrogen and oxygen atoms in total. The van der Waals surface area contributed by atoms with E-state index in [1.165, 1.54) is 139 Å². The van der Waals surface area contributed by atoms with Gasteiger partial charge in [-0.2, -0.15) is 0 Å². The summed E-state index contributed by atoms with van der Waals surface area (Å²) in [7, 11) is 12.8. The van der Waals surface area contributed by atoms with Gasteiger partial charge in [0.05, 0.1) is 10.9 Å². The van der Waals surface area contributed by atoms with Crippen molar-refractivity contribution in [3.8, 4) is 33.8 Å². The Hall–Kier alpha value is -10.8. The largest absolute Gasteiger partial charge is 0.220 e. The third kappa shape index (κ3) is 12.3. The Kier molecular flexibility index (Phi) is 19.3. The molecule has 0 saturated carbocycles. The molecule has 3 unspecified atom stereocenters. The van der Waals surface area contributed by atoms with E-state index >= 15 is 0 Å². The average Bonchev–Trinajstić information content (AvgIpc) is 0.752. The summed E-state index contributed by atoms with van der Waals surface area (Å²) in [6.07, 6.45) is 12.9. The maximum atomic E-state index is 2.37. The highest BCUT2D eigenvalue weighted by atomic mass is 15.0. The fourth-order valence-corrected chi connectivity index (χ4v) is 16.1. The number of nitrogens with zero attached hydrogens (tertiary/aromatic N) is 6. The monoisotopic (exact) mass is 1280 g/mol. The van der Waals surface area contributed by atoms with E-state index in [0.29, 0.717) is 0 Å². The van der Waals surface area contributed by atoms with Crippen LogP contribution in [0.3, 0.4) is 0 Å². The molecule has 0 aliphatic carbocycles. The van der Waals surface area contributed by atoms with Gasteiger partial charge in [0.25, 0.3) is 0 Å². The molecule has 0 aliphatic heterocycles. The van der Waals surface area contributed by atoms with Gasteiger partial charge in [-0.25, -0.2) is 27.4 Å². The first-order valence-electron chi connectivity index (χ1n) is 34.3. The first-order chi connectivity index (χ1) is 47.3. The van der Waals surface area contributed by atoms with Crippen molar-refractivity contribution in [2.24, 2.45) is 42.3 Å². The van der Waals surface area contributed by atoms with Crippen LogP contribution < -0.4 is 27.4 Å². The highest BCUT2D eigenvalue weighted by Gasteiger charge is 2.44. The van der Waals surface area contributed by atoms with Crippen LogP contribution >= 0.6 is 0 Å². The molecule has 0 bridgehead atoms. The standard InChI is InChI=1S/2C32H32N2.C28H30N2/c1-23-13-6-9-17-28(23)32(3,30-19-10-11-21-33(30)4)29-18-12-16-26(24(29)2)31-27-15-8-7-14-25(27)20-22-34(31)5;1-23-13-6-9-17-28(23)32(3,31-19-10-11-20-33(31)4)29-18-12-16-27(24(29)2)30-21-25-14-7-8-15-26(25)22-34(30)5;1-21-13-6-7-15-24(21)28(3,27-18-9-11-20-30(27)5)25-16-12-14-23(22(25)2)26-17-8-10-19-29(26)4/h2*6-22H,1-5H3;6-20H,1-5H3/q3*+2. The molecular weight excluding hydrogens is 1190 g/mol. The second-order valence-electron chi connectivity index (χ2n) is 27.3. The van der Waals surface area contributed by atoms with E-state index in [9.17, 15) is 0 Å². The SMILES string of the molecule is Cc1ccccc1C(C)(c1cccc(-c2c3ccccc3cc[n+]2C)c1C)c1cccc[n+]1C.Cc1ccccc1C(C)(c1cccc(-c2cc3ccccc3c[n+]2C)c1C)c1cccc[n+]1C.Cc1ccccc1C(C)(c1cccc(-c2cccc[n+]2C)c1C)c1cccc[n+]1C. The minimum Gasteiger partial charge on any atom is -0.204 e. The Labute approximate surface area is 582 Å². The van der Waals surface area contributed by atoms with E-state index in [1.54, 1.807) is 0 Å². The van der Waals surface area contributed by atoms with E-state index in [4.69, 9.17) is 0 Å². The minimum atomic E-state index is -0.315. The lowest BCUT2D eigenvalue weighted by Crippen LogP contribution is -2.43. The number of hydrogen-bond acceptors (Lipinski definition) is 0. The molecule has 6 heteroatoms. The molecule has 98 heavy (non-hydrogen) atoms. The Morgan fingerprint density at radius 3 is 1.03 bits per heavy atom. The molecule has 0 fully saturated rings.